The number of unbranched alkanes of at least 4 members (excludes halogenated alkanes) is 2. The molecule has 0 radical (unpaired) electrons. The first-order chi connectivity index (χ1) is 47.9. The first-order valence-electron chi connectivity index (χ1n) is 36.5. The number of sulfonamides is 2. The largest absolute Gasteiger partial charge is 0.379 e. The lowest BCUT2D eigenvalue weighted by Gasteiger charge is -2.27. The molecule has 14 rings (SSSR count). The van der Waals surface area contributed by atoms with Gasteiger partial charge in [-0.3, -0.25) is 0 Å². The van der Waals surface area contributed by atoms with Crippen molar-refractivity contribution in [1.82, 2.24) is 47.9 Å². The van der Waals surface area contributed by atoms with Gasteiger partial charge in [-0.2, -0.15) is 19.3 Å². The van der Waals surface area contributed by atoms with Crippen LogP contribution in [0.5, 0.6) is 0 Å². The number of ether oxygens (including phenoxy) is 1. The van der Waals surface area contributed by atoms with Crippen molar-refractivity contribution >= 4 is 71.0 Å². The highest BCUT2D eigenvalue weighted by atomic mass is 32.2. The number of benzene rings is 3. The van der Waals surface area contributed by atoms with E-state index in [1.807, 2.05) is 30.7 Å². The zero-order valence-corrected chi connectivity index (χ0v) is 60.0. The summed E-state index contributed by atoms with van der Waals surface area (Å²) in [6, 6.07) is 18.3. The molecule has 1 aliphatic heterocycles. The first-order valence-corrected chi connectivity index (χ1v) is 39.5. The number of morpholine rings is 1. The molecule has 4 aliphatic carbocycles. The number of primary sulfonamides is 1. The summed E-state index contributed by atoms with van der Waals surface area (Å²) in [4.78, 5) is 28.1. The smallest absolute Gasteiger partial charge is 0.246 e. The van der Waals surface area contributed by atoms with E-state index in [4.69, 9.17) is 24.8 Å². The summed E-state index contributed by atoms with van der Waals surface area (Å²) in [5.74, 6) is 5.49. The molecular formula is C76H100F2N14O5S2. The minimum Gasteiger partial charge on any atom is -0.379 e. The van der Waals surface area contributed by atoms with Gasteiger partial charge in [0.05, 0.1) is 18.1 Å². The average molecular weight is 1390 g/mol. The number of halogens is 2. The molecule has 23 heteroatoms. The Bertz CT molecular complexity index is 4400. The van der Waals surface area contributed by atoms with E-state index in [0.29, 0.717) is 54.5 Å². The fourth-order valence-electron chi connectivity index (χ4n) is 14.6. The van der Waals surface area contributed by atoms with Crippen molar-refractivity contribution < 1.29 is 30.4 Å². The van der Waals surface area contributed by atoms with Crippen molar-refractivity contribution in [2.75, 3.05) is 61.9 Å². The van der Waals surface area contributed by atoms with Crippen molar-refractivity contribution in [2.45, 2.75) is 186 Å². The number of hydrogen-bond donors (Lipinski definition) is 4. The standard InChI is InChI=1S/C28H38FN5O3S.C24H29FN4.C24H33N5O2S/c1-3-4-11-30-28-31-17-23-24(19-33(27(23)32-28)18-21-7-5-20(2)6-8-21)22-9-10-26(25(29)16-22)38(35,36)34-12-14-37-15-13-34;1-16-2-10-20(11-3-16)29-15-22(18-6-8-19(25)9-7-18)21-14-27-24(28-23(21)29)26-13-12-17-4-5-17;1-3-4-13-26-24-27-14-21-22(19-9-11-20(12-10-19)32(25,30)31)16-29(23(21)28-24)15-18-7-5-17(2)6-8-18/h9-10,16-17,19-21H,3-8,11-15,18H2,1-2H3,(H,30,31,32);6-9,14-17,20H,2-5,10-13H2,1H3,(H,26,27,28);9-12,14,16-18H,3-8,13,15H2,1-2H3,(H2,25,30,31)(H,26,27,28). The van der Waals surface area contributed by atoms with E-state index in [2.05, 4.69) is 91.6 Å². The second kappa shape index (κ2) is 32.5. The predicted molar refractivity (Wildman–Crippen MR) is 391 cm³/mol. The molecule has 5 aliphatic rings. The molecule has 99 heavy (non-hydrogen) atoms. The van der Waals surface area contributed by atoms with Crippen LogP contribution in [-0.2, 0) is 37.9 Å². The lowest BCUT2D eigenvalue weighted by atomic mass is 9.83. The molecule has 6 aromatic heterocycles. The maximum Gasteiger partial charge on any atom is 0.246 e. The van der Waals surface area contributed by atoms with Crippen molar-refractivity contribution in [3.8, 4) is 33.4 Å². The summed E-state index contributed by atoms with van der Waals surface area (Å²) in [7, 11) is -7.65. The summed E-state index contributed by atoms with van der Waals surface area (Å²) in [6.45, 7) is 16.8. The Kier molecular flexibility index (Phi) is 23.4. The van der Waals surface area contributed by atoms with E-state index in [1.54, 1.807) is 36.5 Å². The minimum atomic E-state index is -3.93. The van der Waals surface area contributed by atoms with Crippen molar-refractivity contribution in [3.63, 3.8) is 0 Å². The molecule has 530 valence electrons. The topological polar surface area (TPSA) is 235 Å². The predicted octanol–water partition coefficient (Wildman–Crippen LogP) is 16.3. The number of anilines is 3. The second-order valence-corrected chi connectivity index (χ2v) is 32.2. The van der Waals surface area contributed by atoms with Gasteiger partial charge in [-0.15, -0.1) is 0 Å². The van der Waals surface area contributed by atoms with Crippen LogP contribution in [0.25, 0.3) is 66.5 Å². The second-order valence-electron chi connectivity index (χ2n) is 28.8. The fourth-order valence-corrected chi connectivity index (χ4v) is 16.5. The van der Waals surface area contributed by atoms with Crippen LogP contribution in [0.2, 0.25) is 0 Å². The van der Waals surface area contributed by atoms with Crippen molar-refractivity contribution in [1.29, 1.82) is 0 Å². The van der Waals surface area contributed by atoms with E-state index in [9.17, 15) is 21.2 Å². The Morgan fingerprint density at radius 2 is 0.960 bits per heavy atom. The Morgan fingerprint density at radius 3 is 1.44 bits per heavy atom. The number of nitrogens with zero attached hydrogens (tertiary/aromatic N) is 10. The molecule has 0 amide bonds. The number of hydrogen-bond acceptors (Lipinski definition) is 14. The zero-order valence-electron chi connectivity index (χ0n) is 58.3. The molecule has 19 nitrogen and oxygen atoms in total. The molecule has 3 aromatic carbocycles. The molecular weight excluding hydrogens is 1290 g/mol. The van der Waals surface area contributed by atoms with Gasteiger partial charge in [0.25, 0.3) is 0 Å². The lowest BCUT2D eigenvalue weighted by molar-refractivity contribution is 0.0729. The van der Waals surface area contributed by atoms with E-state index >= 15 is 4.39 Å². The van der Waals surface area contributed by atoms with Gasteiger partial charge < -0.3 is 34.4 Å². The summed E-state index contributed by atoms with van der Waals surface area (Å²) in [6.07, 6.45) is 35.0. The summed E-state index contributed by atoms with van der Waals surface area (Å²) in [5.41, 5.74) is 8.17. The van der Waals surface area contributed by atoms with Crippen LogP contribution >= 0.6 is 0 Å². The fraction of sp³-hybridized carbons (Fsp3) is 0.526. The molecule has 0 unspecified atom stereocenters. The number of fused-ring (bicyclic) bond motifs is 3. The molecule has 0 bridgehead atoms. The number of nitrogens with one attached hydrogen (secondary N) is 3. The van der Waals surface area contributed by atoms with Crippen LogP contribution in [-0.4, -0.2) is 111 Å². The normalized spacial score (nSPS) is 20.8. The van der Waals surface area contributed by atoms with E-state index in [-0.39, 0.29) is 28.7 Å². The maximum absolute atomic E-state index is 15.4. The third kappa shape index (κ3) is 17.8. The number of aromatic nitrogens is 9. The number of rotatable bonds is 23. The van der Waals surface area contributed by atoms with Crippen LogP contribution in [0.4, 0.5) is 26.6 Å². The quantitative estimate of drug-likeness (QED) is 0.0436. The molecule has 5 fully saturated rings. The van der Waals surface area contributed by atoms with Gasteiger partial charge in [0.15, 0.2) is 0 Å². The molecule has 0 spiro atoms. The maximum atomic E-state index is 15.4. The van der Waals surface area contributed by atoms with Crippen molar-refractivity contribution in [3.05, 3.63) is 116 Å². The molecule has 5 N–H and O–H groups in total. The molecule has 0 atom stereocenters. The Balaban J connectivity index is 0.000000142. The van der Waals surface area contributed by atoms with Gasteiger partial charge in [-0.05, 0) is 159 Å². The van der Waals surface area contributed by atoms with Gasteiger partial charge >= 0.3 is 0 Å². The summed E-state index contributed by atoms with van der Waals surface area (Å²) >= 11 is 0. The van der Waals surface area contributed by atoms with Gasteiger partial charge in [-0.25, -0.2) is 45.7 Å². The highest BCUT2D eigenvalue weighted by Crippen LogP contribution is 2.41. The van der Waals surface area contributed by atoms with Crippen LogP contribution in [0, 0.1) is 47.1 Å². The third-order valence-electron chi connectivity index (χ3n) is 21.0. The molecule has 4 saturated carbocycles. The molecule has 7 heterocycles. The van der Waals surface area contributed by atoms with E-state index < -0.39 is 25.9 Å². The van der Waals surface area contributed by atoms with Crippen LogP contribution in [0.15, 0.2) is 114 Å². The van der Waals surface area contributed by atoms with E-state index in [0.717, 1.165) is 143 Å². The highest BCUT2D eigenvalue weighted by molar-refractivity contribution is 7.89. The minimum absolute atomic E-state index is 0.111. The van der Waals surface area contributed by atoms with Crippen LogP contribution < -0.4 is 21.1 Å². The monoisotopic (exact) mass is 1390 g/mol. The highest BCUT2D eigenvalue weighted by Gasteiger charge is 2.31. The summed E-state index contributed by atoms with van der Waals surface area (Å²) < 4.78 is 91.5. The Hall–Kier alpha value is -7.44. The first kappa shape index (κ1) is 71.4. The van der Waals surface area contributed by atoms with Gasteiger partial charge in [-0.1, -0.05) is 116 Å². The Labute approximate surface area is 583 Å². The van der Waals surface area contributed by atoms with Crippen LogP contribution in [0.3, 0.4) is 0 Å². The Morgan fingerprint density at radius 1 is 0.525 bits per heavy atom. The van der Waals surface area contributed by atoms with Crippen LogP contribution in [0.1, 0.15) is 163 Å². The molecule has 9 aromatic rings. The SMILES string of the molecule is CC1CCC(n2cc(-c3ccc(F)cc3)c3cnc(NCCC4CC4)nc32)CC1.CCCCNc1ncc2c(-c3ccc(S(=O)(=O)N4CCOCC4)c(F)c3)cn(CC3CCC(C)CC3)c2n1.CCCCNc1ncc2c(-c3ccc(S(N)(=O)=O)cc3)cn(CC3CCC(C)CC3)c2n1. The lowest BCUT2D eigenvalue weighted by Crippen LogP contribution is -2.40. The van der Waals surface area contributed by atoms with Gasteiger partial charge in [0.2, 0.25) is 37.9 Å². The summed E-state index contributed by atoms with van der Waals surface area (Å²) in [5, 5.41) is 18.2. The van der Waals surface area contributed by atoms with Gasteiger partial charge in [0, 0.05) is 122 Å². The number of nitrogens with two attached hydrogens (primary N) is 1. The van der Waals surface area contributed by atoms with Crippen molar-refractivity contribution in [2.24, 2.45) is 40.6 Å². The zero-order chi connectivity index (χ0) is 69.2. The average Bonchev–Trinajstić information content (AvgIpc) is 1.74. The van der Waals surface area contributed by atoms with E-state index in [1.165, 1.54) is 125 Å². The molecule has 1 saturated heterocycles. The van der Waals surface area contributed by atoms with Gasteiger partial charge in [0.1, 0.15) is 33.5 Å². The third-order valence-corrected chi connectivity index (χ3v) is 23.9.